The second-order valence-electron chi connectivity index (χ2n) is 7.67. The number of nitrogen functional groups attached to an aromatic ring is 1. The quantitative estimate of drug-likeness (QED) is 0.709. The molecule has 1 saturated heterocycles. The van der Waals surface area contributed by atoms with Gasteiger partial charge in [-0.3, -0.25) is 20.0 Å². The number of aromatic nitrogens is 1. The molecule has 0 atom stereocenters. The Bertz CT molecular complexity index is 980. The maximum atomic E-state index is 12.1. The molecule has 2 aliphatic heterocycles. The molecule has 4 N–H and O–H groups in total. The molecule has 0 unspecified atom stereocenters. The Balaban J connectivity index is 1.79. The third-order valence-corrected chi connectivity index (χ3v) is 5.29. The summed E-state index contributed by atoms with van der Waals surface area (Å²) in [5.74, 6) is -0.258. The lowest BCUT2D eigenvalue weighted by Gasteiger charge is -2.33. The van der Waals surface area contributed by atoms with Crippen LogP contribution in [0.1, 0.15) is 25.8 Å². The molecule has 1 fully saturated rings. The topological polar surface area (TPSA) is 100 Å². The average Bonchev–Trinajstić information content (AvgIpc) is 2.62. The molecule has 2 aromatic rings. The van der Waals surface area contributed by atoms with Crippen molar-refractivity contribution in [3.63, 3.8) is 0 Å². The fourth-order valence-electron chi connectivity index (χ4n) is 3.81. The van der Waals surface area contributed by atoms with E-state index in [9.17, 15) is 9.59 Å². The molecule has 0 radical (unpaired) electrons. The predicted octanol–water partition coefficient (Wildman–Crippen LogP) is 2.28. The molecule has 3 heterocycles. The molecular weight excluding hydrogens is 342 g/mol. The molecule has 140 valence electrons. The van der Waals surface area contributed by atoms with Crippen LogP contribution in [0.15, 0.2) is 30.5 Å². The van der Waals surface area contributed by atoms with E-state index in [1.54, 1.807) is 6.20 Å². The first-order chi connectivity index (χ1) is 12.9. The van der Waals surface area contributed by atoms with E-state index in [2.05, 4.69) is 35.5 Å². The molecule has 1 aromatic heterocycles. The van der Waals surface area contributed by atoms with Gasteiger partial charge in [-0.2, -0.15) is 0 Å². The van der Waals surface area contributed by atoms with Crippen molar-refractivity contribution in [2.45, 2.75) is 20.3 Å². The third-order valence-electron chi connectivity index (χ3n) is 5.29. The van der Waals surface area contributed by atoms with Gasteiger partial charge in [0.2, 0.25) is 5.91 Å². The molecule has 7 heteroatoms. The zero-order valence-electron chi connectivity index (χ0n) is 15.5. The Morgan fingerprint density at radius 3 is 2.81 bits per heavy atom. The molecule has 1 aromatic carbocycles. The van der Waals surface area contributed by atoms with Gasteiger partial charge in [-0.25, -0.2) is 4.79 Å². The molecule has 27 heavy (non-hydrogen) atoms. The highest BCUT2D eigenvalue weighted by Crippen LogP contribution is 2.40. The van der Waals surface area contributed by atoms with Gasteiger partial charge in [-0.15, -0.1) is 0 Å². The van der Waals surface area contributed by atoms with Crippen LogP contribution in [0.2, 0.25) is 0 Å². The molecule has 0 aliphatic carbocycles. The van der Waals surface area contributed by atoms with Gasteiger partial charge in [-0.05, 0) is 17.7 Å². The number of amides is 3. The van der Waals surface area contributed by atoms with Crippen LogP contribution >= 0.6 is 0 Å². The fourth-order valence-corrected chi connectivity index (χ4v) is 3.81. The number of hydrogen-bond acceptors (Lipinski definition) is 5. The van der Waals surface area contributed by atoms with Crippen molar-refractivity contribution >= 4 is 39.8 Å². The van der Waals surface area contributed by atoms with Crippen molar-refractivity contribution in [3.05, 3.63) is 36.0 Å². The molecule has 2 aliphatic rings. The van der Waals surface area contributed by atoms with Crippen LogP contribution < -0.4 is 21.3 Å². The van der Waals surface area contributed by atoms with Crippen LogP contribution in [-0.4, -0.2) is 36.6 Å². The van der Waals surface area contributed by atoms with E-state index < -0.39 is 6.03 Å². The molecule has 0 saturated carbocycles. The van der Waals surface area contributed by atoms with Gasteiger partial charge in [0, 0.05) is 48.1 Å². The van der Waals surface area contributed by atoms with E-state index in [-0.39, 0.29) is 17.7 Å². The number of carbonyl (C=O) groups is 2. The Morgan fingerprint density at radius 2 is 2.07 bits per heavy atom. The zero-order chi connectivity index (χ0) is 19.2. The van der Waals surface area contributed by atoms with Crippen molar-refractivity contribution < 1.29 is 9.59 Å². The van der Waals surface area contributed by atoms with Crippen molar-refractivity contribution in [2.75, 3.05) is 30.3 Å². The number of hydrogen-bond donors (Lipinski definition) is 3. The Labute approximate surface area is 157 Å². The lowest BCUT2D eigenvalue weighted by molar-refractivity contribution is -0.120. The number of carbonyl (C=O) groups excluding carboxylic acids is 2. The normalized spacial score (nSPS) is 19.8. The van der Waals surface area contributed by atoms with Crippen molar-refractivity contribution in [1.29, 1.82) is 0 Å². The summed E-state index contributed by atoms with van der Waals surface area (Å²) in [5.41, 5.74) is 10.8. The van der Waals surface area contributed by atoms with E-state index in [0.29, 0.717) is 17.9 Å². The monoisotopic (exact) mass is 365 g/mol. The number of fused-ring (bicyclic) bond motifs is 1. The number of rotatable bonds is 2. The Hall–Kier alpha value is -2.93. The van der Waals surface area contributed by atoms with Crippen molar-refractivity contribution in [2.24, 2.45) is 5.41 Å². The molecule has 0 spiro atoms. The lowest BCUT2D eigenvalue weighted by Crippen LogP contribution is -2.49. The summed E-state index contributed by atoms with van der Waals surface area (Å²) in [7, 11) is 0. The number of nitrogens with one attached hydrogen (secondary N) is 2. The first-order valence-corrected chi connectivity index (χ1v) is 9.08. The highest BCUT2D eigenvalue weighted by Gasteiger charge is 2.29. The first-order valence-electron chi connectivity index (χ1n) is 9.08. The maximum Gasteiger partial charge on any atom is 0.328 e. The molecule has 7 nitrogen and oxygen atoms in total. The number of urea groups is 1. The van der Waals surface area contributed by atoms with E-state index in [1.165, 1.54) is 10.5 Å². The number of imide groups is 1. The highest BCUT2D eigenvalue weighted by atomic mass is 16.2. The Kier molecular flexibility index (Phi) is 4.11. The first kappa shape index (κ1) is 17.5. The second-order valence-corrected chi connectivity index (χ2v) is 7.67. The van der Waals surface area contributed by atoms with Gasteiger partial charge < -0.3 is 11.1 Å². The second kappa shape index (κ2) is 6.35. The van der Waals surface area contributed by atoms with E-state index in [0.717, 1.165) is 29.6 Å². The van der Waals surface area contributed by atoms with Crippen LogP contribution in [0.5, 0.6) is 0 Å². The number of nitrogens with zero attached hydrogens (tertiary/aromatic N) is 2. The van der Waals surface area contributed by atoms with Crippen LogP contribution in [0, 0.1) is 5.41 Å². The molecule has 3 amide bonds. The average molecular weight is 365 g/mol. The van der Waals surface area contributed by atoms with Gasteiger partial charge in [0.1, 0.15) is 0 Å². The van der Waals surface area contributed by atoms with Gasteiger partial charge in [0.05, 0.1) is 17.4 Å². The lowest BCUT2D eigenvalue weighted by atomic mass is 9.77. The smallest absolute Gasteiger partial charge is 0.328 e. The van der Waals surface area contributed by atoms with Gasteiger partial charge in [0.25, 0.3) is 0 Å². The zero-order valence-corrected chi connectivity index (χ0v) is 15.5. The summed E-state index contributed by atoms with van der Waals surface area (Å²) in [6, 6.07) is 5.44. The van der Waals surface area contributed by atoms with E-state index >= 15 is 0 Å². The van der Waals surface area contributed by atoms with Gasteiger partial charge >= 0.3 is 6.03 Å². The minimum Gasteiger partial charge on any atom is -0.398 e. The highest BCUT2D eigenvalue weighted by molar-refractivity contribution is 6.07. The van der Waals surface area contributed by atoms with Crippen LogP contribution in [-0.2, 0) is 4.79 Å². The van der Waals surface area contributed by atoms with E-state index in [1.807, 2.05) is 18.2 Å². The number of pyridine rings is 1. The number of anilines is 2. The van der Waals surface area contributed by atoms with Gasteiger partial charge in [-0.1, -0.05) is 26.0 Å². The molecular formula is C20H23N5O2. The molecule has 0 bridgehead atoms. The van der Waals surface area contributed by atoms with Crippen molar-refractivity contribution in [3.8, 4) is 0 Å². The number of nitrogens with two attached hydrogens (primary N) is 1. The summed E-state index contributed by atoms with van der Waals surface area (Å²) in [6.07, 6.45) is 4.10. The minimum atomic E-state index is -0.427. The third kappa shape index (κ3) is 3.04. The summed E-state index contributed by atoms with van der Waals surface area (Å²) in [4.78, 5) is 29.5. The maximum absolute atomic E-state index is 12.1. The largest absolute Gasteiger partial charge is 0.398 e. The van der Waals surface area contributed by atoms with Crippen LogP contribution in [0.25, 0.3) is 16.5 Å². The summed E-state index contributed by atoms with van der Waals surface area (Å²) in [5, 5.41) is 6.53. The van der Waals surface area contributed by atoms with E-state index in [4.69, 9.17) is 5.73 Å². The SMILES string of the molecule is CC1(C)CNCC=C1c1ccc2ncc(N3CCC(=O)NC3=O)cc2c1N. The fraction of sp³-hybridized carbons (Fsp3) is 0.350. The minimum absolute atomic E-state index is 0.0296. The Morgan fingerprint density at radius 1 is 1.26 bits per heavy atom. The standard InChI is InChI=1S/C20H23N5O2/c1-20(2)11-22-7-5-15(20)13-3-4-16-14(18(13)21)9-12(10-23-16)25-8-6-17(26)24-19(25)27/h3-5,9-10,22H,6-8,11,21H2,1-2H3,(H,24,26,27). The van der Waals surface area contributed by atoms with Crippen LogP contribution in [0.3, 0.4) is 0 Å². The van der Waals surface area contributed by atoms with Crippen molar-refractivity contribution in [1.82, 2.24) is 15.6 Å². The van der Waals surface area contributed by atoms with Crippen LogP contribution in [0.4, 0.5) is 16.2 Å². The molecule has 4 rings (SSSR count). The predicted molar refractivity (Wildman–Crippen MR) is 106 cm³/mol. The summed E-state index contributed by atoms with van der Waals surface area (Å²) < 4.78 is 0. The van der Waals surface area contributed by atoms with Gasteiger partial charge in [0.15, 0.2) is 0 Å². The summed E-state index contributed by atoms with van der Waals surface area (Å²) in [6.45, 7) is 6.42. The number of benzene rings is 1. The summed E-state index contributed by atoms with van der Waals surface area (Å²) >= 11 is 0.